The summed E-state index contributed by atoms with van der Waals surface area (Å²) in [5.74, 6) is 0. The molecule has 4 heteroatoms. The van der Waals surface area contributed by atoms with Crippen LogP contribution in [0.3, 0.4) is 0 Å². The van der Waals surface area contributed by atoms with Crippen LogP contribution < -0.4 is 11.3 Å². The Labute approximate surface area is 100 Å². The van der Waals surface area contributed by atoms with E-state index >= 15 is 0 Å². The maximum absolute atomic E-state index is 12.3. The predicted molar refractivity (Wildman–Crippen MR) is 66.0 cm³/mol. The van der Waals surface area contributed by atoms with Gasteiger partial charge in [0, 0.05) is 23.8 Å². The number of hydrogen-bond donors (Lipinski definition) is 1. The van der Waals surface area contributed by atoms with Crippen LogP contribution >= 0.6 is 11.6 Å². The first-order valence-electron chi connectivity index (χ1n) is 5.68. The van der Waals surface area contributed by atoms with Gasteiger partial charge in [0.05, 0.1) is 5.02 Å². The molecule has 3 nitrogen and oxygen atoms in total. The molecule has 0 unspecified atom stereocenters. The quantitative estimate of drug-likeness (QED) is 0.862. The zero-order valence-corrected chi connectivity index (χ0v) is 10.5. The van der Waals surface area contributed by atoms with Gasteiger partial charge in [-0.1, -0.05) is 11.6 Å². The van der Waals surface area contributed by atoms with E-state index < -0.39 is 0 Å². The van der Waals surface area contributed by atoms with Gasteiger partial charge in [0.15, 0.2) is 0 Å². The second-order valence-electron chi connectivity index (χ2n) is 4.47. The number of nitrogens with zero attached hydrogens (tertiary/aromatic N) is 1. The summed E-state index contributed by atoms with van der Waals surface area (Å²) in [5, 5.41) is 0.687. The summed E-state index contributed by atoms with van der Waals surface area (Å²) in [5.41, 5.74) is 8.05. The van der Waals surface area contributed by atoms with Crippen LogP contribution in [0.25, 0.3) is 0 Å². The maximum atomic E-state index is 12.3. The van der Waals surface area contributed by atoms with Crippen LogP contribution in [0.5, 0.6) is 0 Å². The molecule has 16 heavy (non-hydrogen) atoms. The average molecular weight is 241 g/mol. The van der Waals surface area contributed by atoms with Crippen molar-refractivity contribution in [2.24, 2.45) is 5.73 Å². The maximum Gasteiger partial charge on any atom is 0.255 e. The highest BCUT2D eigenvalue weighted by Gasteiger charge is 2.25. The second-order valence-corrected chi connectivity index (χ2v) is 4.84. The van der Waals surface area contributed by atoms with Crippen molar-refractivity contribution in [3.05, 3.63) is 32.2 Å². The van der Waals surface area contributed by atoms with Gasteiger partial charge in [-0.2, -0.15) is 0 Å². The van der Waals surface area contributed by atoms with Crippen molar-refractivity contribution in [3.8, 4) is 0 Å². The van der Waals surface area contributed by atoms with Crippen LogP contribution in [0.1, 0.15) is 42.1 Å². The summed E-state index contributed by atoms with van der Waals surface area (Å²) in [6.07, 6.45) is 3.34. The minimum atomic E-state index is 0.0478. The first kappa shape index (κ1) is 11.7. The first-order chi connectivity index (χ1) is 7.57. The van der Waals surface area contributed by atoms with Crippen LogP contribution in [-0.4, -0.2) is 4.57 Å². The summed E-state index contributed by atoms with van der Waals surface area (Å²) < 4.78 is 1.83. The topological polar surface area (TPSA) is 48.0 Å². The van der Waals surface area contributed by atoms with E-state index in [1.807, 2.05) is 18.4 Å². The molecule has 1 aliphatic carbocycles. The van der Waals surface area contributed by atoms with Gasteiger partial charge in [-0.05, 0) is 38.7 Å². The molecule has 0 atom stereocenters. The minimum Gasteiger partial charge on any atom is -0.326 e. The number of pyridine rings is 1. The highest BCUT2D eigenvalue weighted by molar-refractivity contribution is 6.32. The Hall–Kier alpha value is -0.800. The number of aromatic nitrogens is 1. The van der Waals surface area contributed by atoms with Gasteiger partial charge in [0.1, 0.15) is 0 Å². The van der Waals surface area contributed by atoms with Crippen LogP contribution in [0.2, 0.25) is 5.02 Å². The van der Waals surface area contributed by atoms with Crippen molar-refractivity contribution < 1.29 is 0 Å². The Morgan fingerprint density at radius 1 is 1.44 bits per heavy atom. The largest absolute Gasteiger partial charge is 0.326 e. The second kappa shape index (κ2) is 4.22. The fourth-order valence-electron chi connectivity index (χ4n) is 2.29. The average Bonchev–Trinajstić information content (AvgIpc) is 2.19. The third kappa shape index (κ3) is 1.59. The van der Waals surface area contributed by atoms with Gasteiger partial charge in [0.25, 0.3) is 5.56 Å². The number of rotatable bonds is 2. The highest BCUT2D eigenvalue weighted by atomic mass is 35.5. The Balaban J connectivity index is 2.68. The standard InChI is InChI=1S/C12H17ClN2O/c1-7-10(6-14)12(16)15(8(2)11(7)13)9-4-3-5-9/h9H,3-6,14H2,1-2H3. The molecule has 0 saturated heterocycles. The molecule has 0 radical (unpaired) electrons. The van der Waals surface area contributed by atoms with E-state index in [1.165, 1.54) is 6.42 Å². The van der Waals surface area contributed by atoms with Crippen molar-refractivity contribution in [2.45, 2.75) is 45.7 Å². The van der Waals surface area contributed by atoms with Crippen molar-refractivity contribution in [1.82, 2.24) is 4.57 Å². The molecule has 1 heterocycles. The smallest absolute Gasteiger partial charge is 0.255 e. The van der Waals surface area contributed by atoms with Gasteiger partial charge in [-0.15, -0.1) is 0 Å². The van der Waals surface area contributed by atoms with Crippen molar-refractivity contribution in [2.75, 3.05) is 0 Å². The molecular formula is C12H17ClN2O. The molecule has 1 aliphatic rings. The normalized spacial score (nSPS) is 16.2. The Kier molecular flexibility index (Phi) is 3.08. The van der Waals surface area contributed by atoms with Gasteiger partial charge >= 0.3 is 0 Å². The lowest BCUT2D eigenvalue weighted by Gasteiger charge is -2.30. The van der Waals surface area contributed by atoms with Crippen LogP contribution in [0.15, 0.2) is 4.79 Å². The Morgan fingerprint density at radius 3 is 2.50 bits per heavy atom. The molecular weight excluding hydrogens is 224 g/mol. The van der Waals surface area contributed by atoms with E-state index in [2.05, 4.69) is 0 Å². The lowest BCUT2D eigenvalue weighted by atomic mass is 9.92. The SMILES string of the molecule is Cc1c(Cl)c(C)n(C2CCC2)c(=O)c1CN. The van der Waals surface area contributed by atoms with Crippen LogP contribution in [-0.2, 0) is 6.54 Å². The molecule has 1 saturated carbocycles. The summed E-state index contributed by atoms with van der Waals surface area (Å²) in [4.78, 5) is 12.3. The van der Waals surface area contributed by atoms with E-state index in [9.17, 15) is 4.79 Å². The van der Waals surface area contributed by atoms with Crippen LogP contribution in [0, 0.1) is 13.8 Å². The third-order valence-corrected chi connectivity index (χ3v) is 4.14. The summed E-state index contributed by atoms with van der Waals surface area (Å²) >= 11 is 6.25. The molecule has 0 amide bonds. The molecule has 0 aliphatic heterocycles. The zero-order chi connectivity index (χ0) is 11.9. The Morgan fingerprint density at radius 2 is 2.06 bits per heavy atom. The molecule has 2 rings (SSSR count). The summed E-state index contributed by atoms with van der Waals surface area (Å²) in [6, 6.07) is 0.330. The highest BCUT2D eigenvalue weighted by Crippen LogP contribution is 2.33. The lowest BCUT2D eigenvalue weighted by Crippen LogP contribution is -2.34. The number of hydrogen-bond acceptors (Lipinski definition) is 2. The molecule has 88 valence electrons. The van der Waals surface area contributed by atoms with Gasteiger partial charge in [-0.25, -0.2) is 0 Å². The number of nitrogens with two attached hydrogens (primary N) is 1. The molecule has 0 spiro atoms. The van der Waals surface area contributed by atoms with Gasteiger partial charge < -0.3 is 10.3 Å². The summed E-state index contributed by atoms with van der Waals surface area (Å²) in [7, 11) is 0. The fourth-order valence-corrected chi connectivity index (χ4v) is 2.50. The zero-order valence-electron chi connectivity index (χ0n) is 9.72. The molecule has 1 fully saturated rings. The first-order valence-corrected chi connectivity index (χ1v) is 6.05. The molecule has 1 aromatic heterocycles. The summed E-state index contributed by atoms with van der Waals surface area (Å²) in [6.45, 7) is 4.04. The van der Waals surface area contributed by atoms with E-state index in [1.54, 1.807) is 0 Å². The predicted octanol–water partition coefficient (Wildman–Crippen LogP) is 2.30. The van der Waals surface area contributed by atoms with Gasteiger partial charge in [0.2, 0.25) is 0 Å². The monoisotopic (exact) mass is 240 g/mol. The lowest BCUT2D eigenvalue weighted by molar-refractivity contribution is 0.300. The molecule has 1 aromatic rings. The van der Waals surface area contributed by atoms with Crippen LogP contribution in [0.4, 0.5) is 0 Å². The van der Waals surface area contributed by atoms with E-state index in [4.69, 9.17) is 17.3 Å². The number of halogens is 1. The molecule has 2 N–H and O–H groups in total. The van der Waals surface area contributed by atoms with Gasteiger partial charge in [-0.3, -0.25) is 4.79 Å². The van der Waals surface area contributed by atoms with E-state index in [0.717, 1.165) is 24.1 Å². The third-order valence-electron chi connectivity index (χ3n) is 3.58. The van der Waals surface area contributed by atoms with E-state index in [-0.39, 0.29) is 12.1 Å². The molecule has 0 bridgehead atoms. The molecule has 0 aromatic carbocycles. The van der Waals surface area contributed by atoms with Crippen molar-refractivity contribution in [3.63, 3.8) is 0 Å². The van der Waals surface area contributed by atoms with Crippen molar-refractivity contribution >= 4 is 11.6 Å². The minimum absolute atomic E-state index is 0.0478. The van der Waals surface area contributed by atoms with Crippen molar-refractivity contribution in [1.29, 1.82) is 0 Å². The fraction of sp³-hybridized carbons (Fsp3) is 0.583. The van der Waals surface area contributed by atoms with E-state index in [0.29, 0.717) is 16.6 Å². The Bertz CT molecular complexity index is 475.